The van der Waals surface area contributed by atoms with E-state index < -0.39 is 5.82 Å². The van der Waals surface area contributed by atoms with Crippen LogP contribution in [0.5, 0.6) is 0 Å². The van der Waals surface area contributed by atoms with Crippen molar-refractivity contribution in [2.45, 2.75) is 45.1 Å². The standard InChI is InChI=1S/C28H25ClFN5O/c1-16-10-12-22-24(14-16)35(18-6-3-2-4-7-18)27(34-22)28(36)31-17-11-13-21-23(15-17)33-26(32-21)25-19(29)8-5-9-20(25)30/h5,8-15,18H,2-4,6-7H2,1H3,(H,31,36)(H,32,33). The second kappa shape index (κ2) is 9.06. The molecule has 3 aromatic carbocycles. The molecule has 0 unspecified atom stereocenters. The van der Waals surface area contributed by atoms with Crippen LogP contribution in [0.2, 0.25) is 5.02 Å². The highest BCUT2D eigenvalue weighted by Crippen LogP contribution is 2.34. The Morgan fingerprint density at radius 2 is 1.89 bits per heavy atom. The quantitative estimate of drug-likeness (QED) is 0.268. The fourth-order valence-electron chi connectivity index (χ4n) is 5.19. The summed E-state index contributed by atoms with van der Waals surface area (Å²) in [7, 11) is 0. The first-order valence-corrected chi connectivity index (χ1v) is 12.6. The molecule has 6 nitrogen and oxygen atoms in total. The zero-order valence-corrected chi connectivity index (χ0v) is 20.6. The minimum absolute atomic E-state index is 0.220. The van der Waals surface area contributed by atoms with Gasteiger partial charge in [0.1, 0.15) is 11.6 Å². The van der Waals surface area contributed by atoms with Crippen LogP contribution in [0.25, 0.3) is 33.5 Å². The molecule has 182 valence electrons. The first kappa shape index (κ1) is 22.7. The number of H-pyrrole nitrogens is 1. The van der Waals surface area contributed by atoms with Gasteiger partial charge in [-0.25, -0.2) is 14.4 Å². The van der Waals surface area contributed by atoms with Crippen molar-refractivity contribution in [3.63, 3.8) is 0 Å². The number of nitrogens with zero attached hydrogens (tertiary/aromatic N) is 3. The van der Waals surface area contributed by atoms with Crippen LogP contribution < -0.4 is 5.32 Å². The number of nitrogens with one attached hydrogen (secondary N) is 2. The molecule has 0 aliphatic heterocycles. The summed E-state index contributed by atoms with van der Waals surface area (Å²) in [6.45, 7) is 2.05. The Balaban J connectivity index is 1.35. The SMILES string of the molecule is Cc1ccc2nc(C(=O)Nc3ccc4[nH]c(-c5c(F)cccc5Cl)nc4c3)n(C3CCCCC3)c2c1. The number of imidazole rings is 2. The molecular formula is C28H25ClFN5O. The molecular weight excluding hydrogens is 477 g/mol. The zero-order chi connectivity index (χ0) is 24.8. The molecule has 5 aromatic rings. The first-order chi connectivity index (χ1) is 17.5. The third kappa shape index (κ3) is 4.03. The van der Waals surface area contributed by atoms with Gasteiger partial charge >= 0.3 is 0 Å². The maximum atomic E-state index is 14.4. The minimum Gasteiger partial charge on any atom is -0.338 e. The van der Waals surface area contributed by atoms with Crippen LogP contribution in [0.1, 0.15) is 54.3 Å². The molecule has 1 amide bonds. The molecule has 2 heterocycles. The van der Waals surface area contributed by atoms with Gasteiger partial charge in [-0.3, -0.25) is 4.79 Å². The molecule has 1 fully saturated rings. The molecule has 2 N–H and O–H groups in total. The Labute approximate surface area is 212 Å². The summed E-state index contributed by atoms with van der Waals surface area (Å²) >= 11 is 6.22. The lowest BCUT2D eigenvalue weighted by Crippen LogP contribution is -2.22. The van der Waals surface area contributed by atoms with Crippen molar-refractivity contribution in [2.75, 3.05) is 5.32 Å². The lowest BCUT2D eigenvalue weighted by atomic mass is 9.95. The lowest BCUT2D eigenvalue weighted by molar-refractivity contribution is 0.101. The second-order valence-electron chi connectivity index (χ2n) is 9.46. The number of rotatable bonds is 4. The van der Waals surface area contributed by atoms with Gasteiger partial charge in [0.25, 0.3) is 5.91 Å². The van der Waals surface area contributed by atoms with Crippen LogP contribution in [0.15, 0.2) is 54.6 Å². The van der Waals surface area contributed by atoms with E-state index in [1.54, 1.807) is 24.3 Å². The van der Waals surface area contributed by atoms with E-state index in [1.807, 2.05) is 18.2 Å². The summed E-state index contributed by atoms with van der Waals surface area (Å²) in [5, 5.41) is 3.28. The first-order valence-electron chi connectivity index (χ1n) is 12.2. The zero-order valence-electron chi connectivity index (χ0n) is 19.8. The molecule has 8 heteroatoms. The molecule has 0 saturated heterocycles. The van der Waals surface area contributed by atoms with Gasteiger partial charge in [-0.15, -0.1) is 0 Å². The summed E-state index contributed by atoms with van der Waals surface area (Å²) < 4.78 is 16.5. The number of hydrogen-bond donors (Lipinski definition) is 2. The number of aromatic nitrogens is 4. The number of aryl methyl sites for hydroxylation is 1. The highest BCUT2D eigenvalue weighted by atomic mass is 35.5. The van der Waals surface area contributed by atoms with E-state index in [-0.39, 0.29) is 22.5 Å². The van der Waals surface area contributed by atoms with E-state index >= 15 is 0 Å². The molecule has 6 rings (SSSR count). The van der Waals surface area contributed by atoms with Crippen LogP contribution in [0, 0.1) is 12.7 Å². The Bertz CT molecular complexity index is 1600. The number of anilines is 1. The Hall–Kier alpha value is -3.71. The van der Waals surface area contributed by atoms with Gasteiger partial charge in [0.15, 0.2) is 0 Å². The second-order valence-corrected chi connectivity index (χ2v) is 9.86. The van der Waals surface area contributed by atoms with Crippen LogP contribution in [-0.4, -0.2) is 25.4 Å². The molecule has 1 aliphatic rings. The maximum Gasteiger partial charge on any atom is 0.291 e. The van der Waals surface area contributed by atoms with Gasteiger partial charge in [0, 0.05) is 11.7 Å². The molecule has 36 heavy (non-hydrogen) atoms. The largest absolute Gasteiger partial charge is 0.338 e. The van der Waals surface area contributed by atoms with Crippen LogP contribution >= 0.6 is 11.6 Å². The number of carbonyl (C=O) groups is 1. The predicted molar refractivity (Wildman–Crippen MR) is 141 cm³/mol. The number of benzene rings is 3. The van der Waals surface area contributed by atoms with E-state index in [4.69, 9.17) is 16.6 Å². The maximum absolute atomic E-state index is 14.4. The highest BCUT2D eigenvalue weighted by Gasteiger charge is 2.25. The smallest absolute Gasteiger partial charge is 0.291 e. The Kier molecular flexibility index (Phi) is 5.72. The lowest BCUT2D eigenvalue weighted by Gasteiger charge is -2.25. The van der Waals surface area contributed by atoms with Crippen LogP contribution in [0.3, 0.4) is 0 Å². The summed E-state index contributed by atoms with van der Waals surface area (Å²) in [5.74, 6) is 0.0445. The summed E-state index contributed by atoms with van der Waals surface area (Å²) in [6.07, 6.45) is 5.62. The highest BCUT2D eigenvalue weighted by molar-refractivity contribution is 6.33. The van der Waals surface area contributed by atoms with Crippen molar-refractivity contribution in [2.24, 2.45) is 0 Å². The Morgan fingerprint density at radius 1 is 1.06 bits per heavy atom. The van der Waals surface area contributed by atoms with Gasteiger partial charge in [-0.1, -0.05) is 43.0 Å². The number of aromatic amines is 1. The van der Waals surface area contributed by atoms with E-state index in [1.165, 1.54) is 12.5 Å². The normalized spacial score (nSPS) is 14.5. The van der Waals surface area contributed by atoms with Crippen molar-refractivity contribution in [3.05, 3.63) is 76.8 Å². The van der Waals surface area contributed by atoms with Gasteiger partial charge in [-0.2, -0.15) is 0 Å². The van der Waals surface area contributed by atoms with Crippen molar-refractivity contribution >= 4 is 45.3 Å². The van der Waals surface area contributed by atoms with Crippen molar-refractivity contribution in [1.82, 2.24) is 19.5 Å². The summed E-state index contributed by atoms with van der Waals surface area (Å²) in [4.78, 5) is 25.9. The molecule has 1 saturated carbocycles. The van der Waals surface area contributed by atoms with Gasteiger partial charge in [0.05, 0.1) is 32.7 Å². The van der Waals surface area contributed by atoms with Gasteiger partial charge in [0.2, 0.25) is 5.82 Å². The molecule has 2 aromatic heterocycles. The van der Waals surface area contributed by atoms with E-state index in [2.05, 4.69) is 32.8 Å². The van der Waals surface area contributed by atoms with Crippen LogP contribution in [-0.2, 0) is 0 Å². The molecule has 0 bridgehead atoms. The monoisotopic (exact) mass is 501 g/mol. The predicted octanol–water partition coefficient (Wildman–Crippen LogP) is 7.44. The third-order valence-electron chi connectivity index (χ3n) is 6.93. The van der Waals surface area contributed by atoms with E-state index in [0.717, 1.165) is 42.3 Å². The third-order valence-corrected chi connectivity index (χ3v) is 7.24. The number of fused-ring (bicyclic) bond motifs is 2. The number of halogens is 2. The Morgan fingerprint density at radius 3 is 2.69 bits per heavy atom. The van der Waals surface area contributed by atoms with Crippen molar-refractivity contribution in [3.8, 4) is 11.4 Å². The molecule has 0 spiro atoms. The number of carbonyl (C=O) groups excluding carboxylic acids is 1. The fourth-order valence-corrected chi connectivity index (χ4v) is 5.44. The summed E-state index contributed by atoms with van der Waals surface area (Å²) in [6, 6.07) is 16.3. The minimum atomic E-state index is -0.452. The molecule has 0 atom stereocenters. The average molecular weight is 502 g/mol. The van der Waals surface area contributed by atoms with Crippen LogP contribution in [0.4, 0.5) is 10.1 Å². The van der Waals surface area contributed by atoms with E-state index in [0.29, 0.717) is 28.4 Å². The average Bonchev–Trinajstić information content (AvgIpc) is 3.45. The number of hydrogen-bond acceptors (Lipinski definition) is 3. The molecule has 1 aliphatic carbocycles. The van der Waals surface area contributed by atoms with Crippen molar-refractivity contribution in [1.29, 1.82) is 0 Å². The fraction of sp³-hybridized carbons (Fsp3) is 0.250. The molecule has 0 radical (unpaired) electrons. The number of amides is 1. The van der Waals surface area contributed by atoms with Crippen molar-refractivity contribution < 1.29 is 9.18 Å². The van der Waals surface area contributed by atoms with Gasteiger partial charge < -0.3 is 14.9 Å². The summed E-state index contributed by atoms with van der Waals surface area (Å²) in [5.41, 5.74) is 5.08. The van der Waals surface area contributed by atoms with E-state index in [9.17, 15) is 9.18 Å². The topological polar surface area (TPSA) is 75.6 Å². The van der Waals surface area contributed by atoms with Gasteiger partial charge in [-0.05, 0) is 67.8 Å².